The van der Waals surface area contributed by atoms with Gasteiger partial charge in [0.15, 0.2) is 5.69 Å². The van der Waals surface area contributed by atoms with Crippen molar-refractivity contribution in [2.75, 3.05) is 12.8 Å². The zero-order valence-electron chi connectivity index (χ0n) is 11.0. The number of aromatic hydroxyl groups is 1. The highest BCUT2D eigenvalue weighted by atomic mass is 16.5. The fraction of sp³-hybridized carbons (Fsp3) is 0.143. The Balaban J connectivity index is 2.77. The molecule has 0 spiro atoms. The lowest BCUT2D eigenvalue weighted by Crippen LogP contribution is -2.11. The number of ether oxygens (including phenoxy) is 1. The summed E-state index contributed by atoms with van der Waals surface area (Å²) in [5.41, 5.74) is 7.23. The number of carbonyl (C=O) groups excluding carboxylic acids is 1. The second kappa shape index (κ2) is 4.97. The van der Waals surface area contributed by atoms with Crippen molar-refractivity contribution in [1.82, 2.24) is 4.57 Å². The summed E-state index contributed by atoms with van der Waals surface area (Å²) in [4.78, 5) is 11.8. The van der Waals surface area contributed by atoms with Gasteiger partial charge >= 0.3 is 5.97 Å². The molecule has 0 atom stereocenters. The highest BCUT2D eigenvalue weighted by Crippen LogP contribution is 2.29. The summed E-state index contributed by atoms with van der Waals surface area (Å²) >= 11 is 0. The van der Waals surface area contributed by atoms with Crippen molar-refractivity contribution in [1.29, 1.82) is 5.26 Å². The van der Waals surface area contributed by atoms with Crippen LogP contribution in [0.1, 0.15) is 21.6 Å². The minimum atomic E-state index is -0.676. The number of hydrogen-bond acceptors (Lipinski definition) is 5. The molecule has 0 aliphatic carbocycles. The van der Waals surface area contributed by atoms with Crippen molar-refractivity contribution in [3.05, 3.63) is 41.2 Å². The van der Waals surface area contributed by atoms with E-state index < -0.39 is 5.97 Å². The molecule has 0 radical (unpaired) electrons. The summed E-state index contributed by atoms with van der Waals surface area (Å²) in [6.07, 6.45) is 1.40. The van der Waals surface area contributed by atoms with Crippen LogP contribution >= 0.6 is 0 Å². The monoisotopic (exact) mass is 271 g/mol. The van der Waals surface area contributed by atoms with Crippen LogP contribution in [0.25, 0.3) is 5.69 Å². The van der Waals surface area contributed by atoms with Gasteiger partial charge in [-0.25, -0.2) is 4.79 Å². The van der Waals surface area contributed by atoms with Gasteiger partial charge in [0.1, 0.15) is 11.8 Å². The van der Waals surface area contributed by atoms with Crippen LogP contribution in [0.4, 0.5) is 5.69 Å². The zero-order chi connectivity index (χ0) is 14.9. The average Bonchev–Trinajstić information content (AvgIpc) is 2.77. The lowest BCUT2D eigenvalue weighted by atomic mass is 10.2. The van der Waals surface area contributed by atoms with Crippen LogP contribution in [0.3, 0.4) is 0 Å². The maximum Gasteiger partial charge on any atom is 0.357 e. The number of hydrogen-bond donors (Lipinski definition) is 2. The Hall–Kier alpha value is -2.94. The number of nitrogens with two attached hydrogens (primary N) is 1. The number of phenolic OH excluding ortho intramolecular Hbond substituents is 1. The highest BCUT2D eigenvalue weighted by Gasteiger charge is 2.22. The van der Waals surface area contributed by atoms with Crippen LogP contribution in [0.15, 0.2) is 24.4 Å². The summed E-state index contributed by atoms with van der Waals surface area (Å²) in [6.45, 7) is 1.85. The van der Waals surface area contributed by atoms with Crippen LogP contribution in [0, 0.1) is 18.3 Å². The molecule has 2 rings (SSSR count). The van der Waals surface area contributed by atoms with Gasteiger partial charge in [-0.05, 0) is 24.6 Å². The van der Waals surface area contributed by atoms with Gasteiger partial charge in [0, 0.05) is 6.20 Å². The molecule has 1 heterocycles. The molecule has 0 saturated heterocycles. The molecule has 1 aromatic heterocycles. The normalized spacial score (nSPS) is 10.1. The van der Waals surface area contributed by atoms with Gasteiger partial charge in [-0.1, -0.05) is 6.07 Å². The first-order valence-electron chi connectivity index (χ1n) is 5.78. The van der Waals surface area contributed by atoms with Gasteiger partial charge in [-0.15, -0.1) is 0 Å². The Labute approximate surface area is 115 Å². The van der Waals surface area contributed by atoms with Gasteiger partial charge in [0.05, 0.1) is 24.0 Å². The minimum Gasteiger partial charge on any atom is -0.506 e. The van der Waals surface area contributed by atoms with Crippen molar-refractivity contribution in [3.63, 3.8) is 0 Å². The number of anilines is 1. The molecule has 0 bridgehead atoms. The zero-order valence-corrected chi connectivity index (χ0v) is 11.0. The van der Waals surface area contributed by atoms with E-state index in [1.165, 1.54) is 23.9 Å². The molecular formula is C14H13N3O3. The van der Waals surface area contributed by atoms with Crippen LogP contribution < -0.4 is 5.73 Å². The van der Waals surface area contributed by atoms with Crippen LogP contribution in [0.2, 0.25) is 0 Å². The van der Waals surface area contributed by atoms with E-state index in [1.54, 1.807) is 12.1 Å². The van der Waals surface area contributed by atoms with Gasteiger partial charge in [0.2, 0.25) is 0 Å². The molecule has 20 heavy (non-hydrogen) atoms. The fourth-order valence-corrected chi connectivity index (χ4v) is 1.93. The third kappa shape index (κ3) is 2.06. The number of aryl methyl sites for hydroxylation is 1. The Bertz CT molecular complexity index is 726. The van der Waals surface area contributed by atoms with E-state index in [4.69, 9.17) is 11.0 Å². The Morgan fingerprint density at radius 3 is 2.80 bits per heavy atom. The SMILES string of the molecule is COC(=O)c1c(N)c(C#N)cn1-c1cc(C)ccc1O. The van der Waals surface area contributed by atoms with Crippen LogP contribution in [0.5, 0.6) is 5.75 Å². The molecule has 102 valence electrons. The van der Waals surface area contributed by atoms with Crippen LogP contribution in [-0.4, -0.2) is 22.8 Å². The maximum atomic E-state index is 11.8. The summed E-state index contributed by atoms with van der Waals surface area (Å²) in [7, 11) is 1.22. The van der Waals surface area contributed by atoms with E-state index in [-0.39, 0.29) is 22.7 Å². The Morgan fingerprint density at radius 1 is 1.50 bits per heavy atom. The molecule has 3 N–H and O–H groups in total. The summed E-state index contributed by atoms with van der Waals surface area (Å²) < 4.78 is 6.04. The second-order valence-electron chi connectivity index (χ2n) is 4.27. The lowest BCUT2D eigenvalue weighted by molar-refractivity contribution is 0.0593. The van der Waals surface area contributed by atoms with E-state index >= 15 is 0 Å². The number of nitriles is 1. The average molecular weight is 271 g/mol. The summed E-state index contributed by atoms with van der Waals surface area (Å²) in [5, 5.41) is 19.0. The van der Waals surface area contributed by atoms with Gasteiger partial charge < -0.3 is 20.1 Å². The number of phenols is 1. The fourth-order valence-electron chi connectivity index (χ4n) is 1.93. The number of carbonyl (C=O) groups is 1. The number of esters is 1. The number of nitrogens with zero attached hydrogens (tertiary/aromatic N) is 2. The quantitative estimate of drug-likeness (QED) is 0.810. The molecule has 1 aromatic carbocycles. The Morgan fingerprint density at radius 2 is 2.20 bits per heavy atom. The molecule has 2 aromatic rings. The predicted octanol–water partition coefficient (Wildman–Crippen LogP) is 1.73. The highest BCUT2D eigenvalue weighted by molar-refractivity contribution is 5.96. The summed E-state index contributed by atoms with van der Waals surface area (Å²) in [5.74, 6) is -0.704. The number of nitrogen functional groups attached to an aromatic ring is 1. The van der Waals surface area contributed by atoms with E-state index in [0.29, 0.717) is 5.69 Å². The van der Waals surface area contributed by atoms with Gasteiger partial charge in [-0.2, -0.15) is 5.26 Å². The molecule has 6 heteroatoms. The smallest absolute Gasteiger partial charge is 0.357 e. The lowest BCUT2D eigenvalue weighted by Gasteiger charge is -2.10. The first-order chi connectivity index (χ1) is 9.49. The molecule has 0 amide bonds. The molecule has 0 saturated carbocycles. The first-order valence-corrected chi connectivity index (χ1v) is 5.78. The van der Waals surface area contributed by atoms with Crippen molar-refractivity contribution in [2.24, 2.45) is 0 Å². The molecule has 0 fully saturated rings. The largest absolute Gasteiger partial charge is 0.506 e. The Kier molecular flexibility index (Phi) is 3.36. The third-order valence-corrected chi connectivity index (χ3v) is 2.93. The van der Waals surface area contributed by atoms with Crippen molar-refractivity contribution in [2.45, 2.75) is 6.92 Å². The maximum absolute atomic E-state index is 11.8. The predicted molar refractivity (Wildman–Crippen MR) is 72.6 cm³/mol. The summed E-state index contributed by atoms with van der Waals surface area (Å²) in [6, 6.07) is 6.83. The number of benzene rings is 1. The van der Waals surface area contributed by atoms with Crippen molar-refractivity contribution >= 4 is 11.7 Å². The van der Waals surface area contributed by atoms with E-state index in [9.17, 15) is 9.90 Å². The third-order valence-electron chi connectivity index (χ3n) is 2.93. The number of methoxy groups -OCH3 is 1. The molecular weight excluding hydrogens is 258 g/mol. The van der Waals surface area contributed by atoms with Gasteiger partial charge in [0.25, 0.3) is 0 Å². The van der Waals surface area contributed by atoms with Crippen LogP contribution in [-0.2, 0) is 4.74 Å². The standard InChI is InChI=1S/C14H13N3O3/c1-8-3-4-11(18)10(5-8)17-7-9(6-15)12(16)13(17)14(19)20-2/h3-5,7,18H,16H2,1-2H3. The number of rotatable bonds is 2. The van der Waals surface area contributed by atoms with Crippen molar-refractivity contribution in [3.8, 4) is 17.5 Å². The van der Waals surface area contributed by atoms with Crippen molar-refractivity contribution < 1.29 is 14.6 Å². The minimum absolute atomic E-state index is 0.0185. The first kappa shape index (κ1) is 13.5. The molecule has 0 unspecified atom stereocenters. The molecule has 0 aliphatic rings. The van der Waals surface area contributed by atoms with E-state index in [2.05, 4.69) is 4.74 Å². The topological polar surface area (TPSA) is 101 Å². The molecule has 6 nitrogen and oxygen atoms in total. The number of aromatic nitrogens is 1. The van der Waals surface area contributed by atoms with E-state index in [0.717, 1.165) is 5.56 Å². The molecule has 0 aliphatic heterocycles. The van der Waals surface area contributed by atoms with Gasteiger partial charge in [-0.3, -0.25) is 0 Å². The second-order valence-corrected chi connectivity index (χ2v) is 4.27. The van der Waals surface area contributed by atoms with E-state index in [1.807, 2.05) is 13.0 Å².